The summed E-state index contributed by atoms with van der Waals surface area (Å²) in [6.45, 7) is 4.25. The molecule has 0 heterocycles. The number of aryl methyl sites for hydroxylation is 2. The van der Waals surface area contributed by atoms with Crippen LogP contribution in [0.5, 0.6) is 0 Å². The highest BCUT2D eigenvalue weighted by atomic mass is 14.5. The van der Waals surface area contributed by atoms with Gasteiger partial charge in [0, 0.05) is 0 Å². The average Bonchev–Trinajstić information content (AvgIpc) is 2.93. The van der Waals surface area contributed by atoms with Crippen molar-refractivity contribution in [1.29, 1.82) is 5.26 Å². The van der Waals surface area contributed by atoms with Gasteiger partial charge in [-0.2, -0.15) is 5.26 Å². The molecular weight excluding hydrogens is 170 g/mol. The minimum absolute atomic E-state index is 0.0122. The van der Waals surface area contributed by atoms with Gasteiger partial charge in [0.15, 0.2) is 0 Å². The van der Waals surface area contributed by atoms with Gasteiger partial charge in [-0.05, 0) is 49.8 Å². The summed E-state index contributed by atoms with van der Waals surface area (Å²) in [6, 6.07) is 8.95. The van der Waals surface area contributed by atoms with Crippen molar-refractivity contribution in [3.8, 4) is 6.07 Å². The van der Waals surface area contributed by atoms with Crippen LogP contribution in [0.25, 0.3) is 0 Å². The monoisotopic (exact) mass is 185 g/mol. The Morgan fingerprint density at radius 3 is 2.50 bits per heavy atom. The topological polar surface area (TPSA) is 23.8 Å². The maximum Gasteiger partial charge on any atom is 0.0693 e. The van der Waals surface area contributed by atoms with Gasteiger partial charge in [-0.1, -0.05) is 18.2 Å². The average molecular weight is 185 g/mol. The van der Waals surface area contributed by atoms with Crippen LogP contribution in [0.4, 0.5) is 0 Å². The third kappa shape index (κ3) is 1.65. The molecule has 1 nitrogen and oxygen atoms in total. The first-order valence-electron chi connectivity index (χ1n) is 5.13. The third-order valence-corrected chi connectivity index (χ3v) is 3.20. The fourth-order valence-electron chi connectivity index (χ4n) is 1.78. The van der Waals surface area contributed by atoms with Crippen LogP contribution in [0.1, 0.15) is 29.5 Å². The van der Waals surface area contributed by atoms with E-state index in [-0.39, 0.29) is 5.41 Å². The minimum Gasteiger partial charge on any atom is -0.198 e. The van der Waals surface area contributed by atoms with Crippen LogP contribution in [0.3, 0.4) is 0 Å². The molecule has 0 aromatic heterocycles. The SMILES string of the molecule is Cc1ccc(CC2(C#N)CC2)cc1C. The van der Waals surface area contributed by atoms with E-state index in [9.17, 15) is 0 Å². The highest BCUT2D eigenvalue weighted by Gasteiger charge is 2.42. The van der Waals surface area contributed by atoms with E-state index in [1.807, 2.05) is 0 Å². The summed E-state index contributed by atoms with van der Waals surface area (Å²) < 4.78 is 0. The first-order chi connectivity index (χ1) is 6.65. The molecular formula is C13H15N. The van der Waals surface area contributed by atoms with Crippen molar-refractivity contribution in [2.24, 2.45) is 5.41 Å². The molecule has 0 atom stereocenters. The molecule has 0 bridgehead atoms. The van der Waals surface area contributed by atoms with Crippen molar-refractivity contribution < 1.29 is 0 Å². The molecule has 0 radical (unpaired) electrons. The van der Waals surface area contributed by atoms with Crippen LogP contribution in [0.2, 0.25) is 0 Å². The van der Waals surface area contributed by atoms with E-state index >= 15 is 0 Å². The standard InChI is InChI=1S/C13H15N/c1-10-3-4-12(7-11(10)2)8-13(9-14)5-6-13/h3-4,7H,5-6,8H2,1-2H3. The van der Waals surface area contributed by atoms with Gasteiger partial charge in [0.2, 0.25) is 0 Å². The molecule has 1 heteroatoms. The summed E-state index contributed by atoms with van der Waals surface area (Å²) >= 11 is 0. The highest BCUT2D eigenvalue weighted by Crippen LogP contribution is 2.47. The van der Waals surface area contributed by atoms with Gasteiger partial charge in [-0.3, -0.25) is 0 Å². The Morgan fingerprint density at radius 2 is 2.00 bits per heavy atom. The summed E-state index contributed by atoms with van der Waals surface area (Å²) in [7, 11) is 0. The molecule has 1 saturated carbocycles. The van der Waals surface area contributed by atoms with Crippen LogP contribution in [0, 0.1) is 30.6 Å². The van der Waals surface area contributed by atoms with Crippen molar-refractivity contribution in [2.45, 2.75) is 33.1 Å². The zero-order valence-corrected chi connectivity index (χ0v) is 8.80. The third-order valence-electron chi connectivity index (χ3n) is 3.20. The molecule has 14 heavy (non-hydrogen) atoms. The Hall–Kier alpha value is -1.29. The molecule has 0 N–H and O–H groups in total. The zero-order chi connectivity index (χ0) is 10.2. The van der Waals surface area contributed by atoms with Crippen LogP contribution in [-0.4, -0.2) is 0 Å². The normalized spacial score (nSPS) is 17.5. The number of hydrogen-bond acceptors (Lipinski definition) is 1. The van der Waals surface area contributed by atoms with Gasteiger partial charge >= 0.3 is 0 Å². The fourth-order valence-corrected chi connectivity index (χ4v) is 1.78. The van der Waals surface area contributed by atoms with E-state index in [1.165, 1.54) is 16.7 Å². The van der Waals surface area contributed by atoms with Crippen molar-refractivity contribution in [1.82, 2.24) is 0 Å². The van der Waals surface area contributed by atoms with Crippen LogP contribution >= 0.6 is 0 Å². The first-order valence-corrected chi connectivity index (χ1v) is 5.13. The van der Waals surface area contributed by atoms with Gasteiger partial charge in [0.25, 0.3) is 0 Å². The molecule has 1 aliphatic rings. The molecule has 0 unspecified atom stereocenters. The van der Waals surface area contributed by atoms with Crippen molar-refractivity contribution >= 4 is 0 Å². The number of benzene rings is 1. The lowest BCUT2D eigenvalue weighted by Crippen LogP contribution is -2.01. The van der Waals surface area contributed by atoms with Crippen molar-refractivity contribution in [3.63, 3.8) is 0 Å². The molecule has 1 aliphatic carbocycles. The lowest BCUT2D eigenvalue weighted by Gasteiger charge is -2.07. The summed E-state index contributed by atoms with van der Waals surface area (Å²) in [5, 5.41) is 8.99. The maximum atomic E-state index is 8.99. The number of rotatable bonds is 2. The summed E-state index contributed by atoms with van der Waals surface area (Å²) in [4.78, 5) is 0. The summed E-state index contributed by atoms with van der Waals surface area (Å²) in [5.74, 6) is 0. The lowest BCUT2D eigenvalue weighted by molar-refractivity contribution is 0.664. The van der Waals surface area contributed by atoms with E-state index in [2.05, 4.69) is 38.1 Å². The van der Waals surface area contributed by atoms with Crippen LogP contribution in [-0.2, 0) is 6.42 Å². The molecule has 0 amide bonds. The molecule has 1 aromatic carbocycles. The van der Waals surface area contributed by atoms with E-state index in [1.54, 1.807) is 0 Å². The molecule has 1 aromatic rings. The second kappa shape index (κ2) is 3.13. The van der Waals surface area contributed by atoms with Gasteiger partial charge < -0.3 is 0 Å². The van der Waals surface area contributed by atoms with Crippen LogP contribution < -0.4 is 0 Å². The number of hydrogen-bond donors (Lipinski definition) is 0. The summed E-state index contributed by atoms with van der Waals surface area (Å²) in [6.07, 6.45) is 3.09. The van der Waals surface area contributed by atoms with Gasteiger partial charge in [0.05, 0.1) is 11.5 Å². The zero-order valence-electron chi connectivity index (χ0n) is 8.80. The minimum atomic E-state index is -0.0122. The Morgan fingerprint density at radius 1 is 1.29 bits per heavy atom. The van der Waals surface area contributed by atoms with E-state index in [4.69, 9.17) is 5.26 Å². The largest absolute Gasteiger partial charge is 0.198 e. The Labute approximate surface area is 85.4 Å². The Balaban J connectivity index is 2.19. The first kappa shape index (κ1) is 9.27. The Bertz CT molecular complexity index is 394. The van der Waals surface area contributed by atoms with E-state index < -0.39 is 0 Å². The molecule has 72 valence electrons. The van der Waals surface area contributed by atoms with Gasteiger partial charge in [-0.15, -0.1) is 0 Å². The van der Waals surface area contributed by atoms with Crippen molar-refractivity contribution in [2.75, 3.05) is 0 Å². The van der Waals surface area contributed by atoms with E-state index in [0.29, 0.717) is 0 Å². The predicted octanol–water partition coefficient (Wildman–Crippen LogP) is 3.15. The Kier molecular flexibility index (Phi) is 2.07. The lowest BCUT2D eigenvalue weighted by atomic mass is 9.95. The quantitative estimate of drug-likeness (QED) is 0.694. The second-order valence-corrected chi connectivity index (χ2v) is 4.49. The number of nitrogens with zero attached hydrogens (tertiary/aromatic N) is 1. The van der Waals surface area contributed by atoms with E-state index in [0.717, 1.165) is 19.3 Å². The van der Waals surface area contributed by atoms with Crippen molar-refractivity contribution in [3.05, 3.63) is 34.9 Å². The molecule has 2 rings (SSSR count). The van der Waals surface area contributed by atoms with Gasteiger partial charge in [0.1, 0.15) is 0 Å². The fraction of sp³-hybridized carbons (Fsp3) is 0.462. The molecule has 0 saturated heterocycles. The predicted molar refractivity (Wildman–Crippen MR) is 56.9 cm³/mol. The smallest absolute Gasteiger partial charge is 0.0693 e. The molecule has 0 spiro atoms. The summed E-state index contributed by atoms with van der Waals surface area (Å²) in [5.41, 5.74) is 3.96. The van der Waals surface area contributed by atoms with Gasteiger partial charge in [-0.25, -0.2) is 0 Å². The highest BCUT2D eigenvalue weighted by molar-refractivity contribution is 5.32. The molecule has 1 fully saturated rings. The second-order valence-electron chi connectivity index (χ2n) is 4.49. The number of nitriles is 1. The van der Waals surface area contributed by atoms with Crippen LogP contribution in [0.15, 0.2) is 18.2 Å². The maximum absolute atomic E-state index is 8.99. The molecule has 0 aliphatic heterocycles.